The maximum absolute atomic E-state index is 12.0. The van der Waals surface area contributed by atoms with E-state index in [9.17, 15) is 4.79 Å². The van der Waals surface area contributed by atoms with Crippen LogP contribution >= 0.6 is 0 Å². The topological polar surface area (TPSA) is 70.9 Å². The van der Waals surface area contributed by atoms with Crippen LogP contribution in [-0.4, -0.2) is 16.9 Å². The number of aromatic nitrogens is 1. The van der Waals surface area contributed by atoms with Crippen LogP contribution in [0.25, 0.3) is 10.9 Å². The van der Waals surface area contributed by atoms with Gasteiger partial charge in [-0.3, -0.25) is 4.79 Å². The van der Waals surface area contributed by atoms with Gasteiger partial charge in [0.25, 0.3) is 5.91 Å². The van der Waals surface area contributed by atoms with Crippen molar-refractivity contribution >= 4 is 22.5 Å². The van der Waals surface area contributed by atoms with Gasteiger partial charge in [-0.15, -0.1) is 0 Å². The van der Waals surface area contributed by atoms with E-state index in [-0.39, 0.29) is 11.9 Å². The molecule has 1 unspecified atom stereocenters. The molecular formula is C14H19N3O. The molecule has 0 bridgehead atoms. The van der Waals surface area contributed by atoms with Crippen LogP contribution in [0.1, 0.15) is 37.2 Å². The third-order valence-electron chi connectivity index (χ3n) is 2.99. The highest BCUT2D eigenvalue weighted by Crippen LogP contribution is 2.18. The monoisotopic (exact) mass is 245 g/mol. The summed E-state index contributed by atoms with van der Waals surface area (Å²) >= 11 is 0. The molecule has 0 aliphatic heterocycles. The van der Waals surface area contributed by atoms with Gasteiger partial charge in [0.2, 0.25) is 0 Å². The summed E-state index contributed by atoms with van der Waals surface area (Å²) in [6.45, 7) is 4.12. The van der Waals surface area contributed by atoms with Crippen LogP contribution in [0.4, 0.5) is 5.69 Å². The summed E-state index contributed by atoms with van der Waals surface area (Å²) in [5.74, 6) is -0.0641. The van der Waals surface area contributed by atoms with Gasteiger partial charge in [0.1, 0.15) is 5.69 Å². The molecule has 1 amide bonds. The first-order valence-electron chi connectivity index (χ1n) is 6.29. The number of carbonyl (C=O) groups excluding carboxylic acids is 1. The van der Waals surface area contributed by atoms with Gasteiger partial charge >= 0.3 is 0 Å². The maximum Gasteiger partial charge on any atom is 0.267 e. The molecule has 0 saturated heterocycles. The summed E-state index contributed by atoms with van der Waals surface area (Å²) in [7, 11) is 0. The Balaban J connectivity index is 2.18. The fraction of sp³-hybridized carbons (Fsp3) is 0.357. The van der Waals surface area contributed by atoms with E-state index < -0.39 is 0 Å². The molecule has 1 aromatic heterocycles. The Morgan fingerprint density at radius 3 is 2.94 bits per heavy atom. The van der Waals surface area contributed by atoms with Crippen molar-refractivity contribution in [2.75, 3.05) is 5.73 Å². The maximum atomic E-state index is 12.0. The molecule has 4 nitrogen and oxygen atoms in total. The minimum Gasteiger partial charge on any atom is -0.399 e. The number of amides is 1. The minimum atomic E-state index is -0.0641. The third-order valence-corrected chi connectivity index (χ3v) is 2.99. The first-order chi connectivity index (χ1) is 8.60. The molecular weight excluding hydrogens is 226 g/mol. The number of nitrogen functional groups attached to an aromatic ring is 1. The van der Waals surface area contributed by atoms with Gasteiger partial charge in [0.15, 0.2) is 0 Å². The van der Waals surface area contributed by atoms with Crippen molar-refractivity contribution in [3.05, 3.63) is 30.0 Å². The second-order valence-corrected chi connectivity index (χ2v) is 4.69. The van der Waals surface area contributed by atoms with E-state index in [1.54, 1.807) is 0 Å². The highest BCUT2D eigenvalue weighted by molar-refractivity contribution is 5.98. The van der Waals surface area contributed by atoms with Gasteiger partial charge in [-0.25, -0.2) is 0 Å². The number of fused-ring (bicyclic) bond motifs is 1. The van der Waals surface area contributed by atoms with E-state index in [2.05, 4.69) is 17.2 Å². The summed E-state index contributed by atoms with van der Waals surface area (Å²) in [6, 6.07) is 7.59. The number of benzene rings is 1. The first kappa shape index (κ1) is 12.5. The number of hydrogen-bond acceptors (Lipinski definition) is 2. The van der Waals surface area contributed by atoms with Crippen molar-refractivity contribution < 1.29 is 4.79 Å². The lowest BCUT2D eigenvalue weighted by Crippen LogP contribution is -2.32. The number of rotatable bonds is 4. The second-order valence-electron chi connectivity index (χ2n) is 4.69. The van der Waals surface area contributed by atoms with Crippen molar-refractivity contribution in [2.45, 2.75) is 32.7 Å². The smallest absolute Gasteiger partial charge is 0.267 e. The molecule has 0 saturated carbocycles. The summed E-state index contributed by atoms with van der Waals surface area (Å²) in [6.07, 6.45) is 2.05. The third kappa shape index (κ3) is 2.64. The van der Waals surface area contributed by atoms with E-state index in [0.29, 0.717) is 11.4 Å². The van der Waals surface area contributed by atoms with Crippen molar-refractivity contribution in [1.29, 1.82) is 0 Å². The van der Waals surface area contributed by atoms with Crippen molar-refractivity contribution in [3.8, 4) is 0 Å². The van der Waals surface area contributed by atoms with E-state index >= 15 is 0 Å². The molecule has 0 aliphatic carbocycles. The molecule has 96 valence electrons. The molecule has 1 atom stereocenters. The van der Waals surface area contributed by atoms with Gasteiger partial charge < -0.3 is 16.0 Å². The van der Waals surface area contributed by atoms with Crippen LogP contribution in [0.3, 0.4) is 0 Å². The van der Waals surface area contributed by atoms with Crippen LogP contribution in [0, 0.1) is 0 Å². The summed E-state index contributed by atoms with van der Waals surface area (Å²) in [5.41, 5.74) is 7.93. The second kappa shape index (κ2) is 5.12. The zero-order chi connectivity index (χ0) is 13.1. The fourth-order valence-corrected chi connectivity index (χ4v) is 2.08. The van der Waals surface area contributed by atoms with Crippen molar-refractivity contribution in [3.63, 3.8) is 0 Å². The van der Waals surface area contributed by atoms with E-state index in [1.165, 1.54) is 0 Å². The van der Waals surface area contributed by atoms with Gasteiger partial charge in [-0.1, -0.05) is 13.3 Å². The molecule has 18 heavy (non-hydrogen) atoms. The highest BCUT2D eigenvalue weighted by atomic mass is 16.1. The molecule has 0 radical (unpaired) electrons. The first-order valence-corrected chi connectivity index (χ1v) is 6.29. The fourth-order valence-electron chi connectivity index (χ4n) is 2.08. The quantitative estimate of drug-likeness (QED) is 0.725. The van der Waals surface area contributed by atoms with Crippen LogP contribution in [0.5, 0.6) is 0 Å². The molecule has 2 rings (SSSR count). The van der Waals surface area contributed by atoms with E-state index in [4.69, 9.17) is 5.73 Å². The van der Waals surface area contributed by atoms with E-state index in [0.717, 1.165) is 23.7 Å². The summed E-state index contributed by atoms with van der Waals surface area (Å²) in [4.78, 5) is 15.1. The SMILES string of the molecule is CCCC(C)NC(=O)c1cc2cc(N)ccc2[nH]1. The van der Waals surface area contributed by atoms with Gasteiger partial charge in [-0.05, 0) is 37.6 Å². The van der Waals surface area contributed by atoms with Gasteiger partial charge in [-0.2, -0.15) is 0 Å². The van der Waals surface area contributed by atoms with Crippen LogP contribution in [-0.2, 0) is 0 Å². The number of hydrogen-bond donors (Lipinski definition) is 3. The lowest BCUT2D eigenvalue weighted by molar-refractivity contribution is 0.0934. The predicted molar refractivity (Wildman–Crippen MR) is 74.5 cm³/mol. The molecule has 0 aliphatic rings. The van der Waals surface area contributed by atoms with Gasteiger partial charge in [0.05, 0.1) is 0 Å². The predicted octanol–water partition coefficient (Wildman–Crippen LogP) is 2.67. The Morgan fingerprint density at radius 2 is 2.22 bits per heavy atom. The zero-order valence-electron chi connectivity index (χ0n) is 10.8. The van der Waals surface area contributed by atoms with Crippen molar-refractivity contribution in [1.82, 2.24) is 10.3 Å². The highest BCUT2D eigenvalue weighted by Gasteiger charge is 2.11. The number of anilines is 1. The lowest BCUT2D eigenvalue weighted by atomic mass is 10.2. The lowest BCUT2D eigenvalue weighted by Gasteiger charge is -2.11. The van der Waals surface area contributed by atoms with Crippen molar-refractivity contribution in [2.24, 2.45) is 0 Å². The van der Waals surface area contributed by atoms with Crippen LogP contribution < -0.4 is 11.1 Å². The molecule has 1 aromatic carbocycles. The molecule has 0 fully saturated rings. The Kier molecular flexibility index (Phi) is 3.55. The molecule has 1 heterocycles. The molecule has 2 aromatic rings. The average molecular weight is 245 g/mol. The van der Waals surface area contributed by atoms with Crippen LogP contribution in [0.2, 0.25) is 0 Å². The Labute approximate surface area is 107 Å². The van der Waals surface area contributed by atoms with Crippen LogP contribution in [0.15, 0.2) is 24.3 Å². The Morgan fingerprint density at radius 1 is 1.44 bits per heavy atom. The minimum absolute atomic E-state index is 0.0641. The number of H-pyrrole nitrogens is 1. The molecule has 4 heteroatoms. The normalized spacial score (nSPS) is 12.6. The molecule has 4 N–H and O–H groups in total. The van der Waals surface area contributed by atoms with E-state index in [1.807, 2.05) is 31.2 Å². The number of aromatic amines is 1. The number of carbonyl (C=O) groups is 1. The standard InChI is InChI=1S/C14H19N3O/c1-3-4-9(2)16-14(18)13-8-10-7-11(15)5-6-12(10)17-13/h5-9,17H,3-4,15H2,1-2H3,(H,16,18). The molecule has 0 spiro atoms. The zero-order valence-corrected chi connectivity index (χ0v) is 10.8. The average Bonchev–Trinajstić information content (AvgIpc) is 2.72. The number of nitrogens with one attached hydrogen (secondary N) is 2. The van der Waals surface area contributed by atoms with Gasteiger partial charge in [0, 0.05) is 22.6 Å². The summed E-state index contributed by atoms with van der Waals surface area (Å²) < 4.78 is 0. The Bertz CT molecular complexity index is 559. The summed E-state index contributed by atoms with van der Waals surface area (Å²) in [5, 5.41) is 3.93. The Hall–Kier alpha value is -1.97. The largest absolute Gasteiger partial charge is 0.399 e. The number of nitrogens with two attached hydrogens (primary N) is 1.